The molecule has 1 atom stereocenters. The molecule has 0 aliphatic carbocycles. The Hall–Kier alpha value is -2.97. The van der Waals surface area contributed by atoms with Gasteiger partial charge in [0.1, 0.15) is 6.61 Å². The minimum absolute atomic E-state index is 0.0890. The summed E-state index contributed by atoms with van der Waals surface area (Å²) < 4.78 is 33.0. The van der Waals surface area contributed by atoms with Gasteiger partial charge < -0.3 is 10.1 Å². The van der Waals surface area contributed by atoms with Crippen LogP contribution in [0.2, 0.25) is 0 Å². The molecule has 0 aliphatic rings. The monoisotopic (exact) mass is 403 g/mol. The fraction of sp³-hybridized carbons (Fsp3) is 0.200. The van der Waals surface area contributed by atoms with Gasteiger partial charge in [0.2, 0.25) is 0 Å². The molecule has 8 heteroatoms. The van der Waals surface area contributed by atoms with Gasteiger partial charge in [-0.15, -0.1) is 0 Å². The lowest BCUT2D eigenvalue weighted by atomic mass is 10.1. The molecule has 2 rings (SSSR count). The van der Waals surface area contributed by atoms with Crippen molar-refractivity contribution in [3.05, 3.63) is 78.4 Å². The molecular weight excluding hydrogens is 382 g/mol. The lowest BCUT2D eigenvalue weighted by Gasteiger charge is -2.16. The molecule has 0 unspecified atom stereocenters. The lowest BCUT2D eigenvalue weighted by molar-refractivity contribution is -0.122. The third kappa shape index (κ3) is 6.98. The predicted molar refractivity (Wildman–Crippen MR) is 105 cm³/mol. The van der Waals surface area contributed by atoms with Gasteiger partial charge in [-0.2, -0.15) is 8.42 Å². The van der Waals surface area contributed by atoms with E-state index in [1.807, 2.05) is 6.07 Å². The van der Waals surface area contributed by atoms with E-state index in [4.69, 9.17) is 8.92 Å². The molecule has 0 bridgehead atoms. The minimum atomic E-state index is -3.84. The van der Waals surface area contributed by atoms with Gasteiger partial charge in [-0.1, -0.05) is 43.0 Å². The molecule has 0 saturated heterocycles. The fourth-order valence-electron chi connectivity index (χ4n) is 2.34. The van der Waals surface area contributed by atoms with E-state index < -0.39 is 28.1 Å². The zero-order chi connectivity index (χ0) is 20.6. The maximum atomic E-state index is 12.6. The highest BCUT2D eigenvalue weighted by molar-refractivity contribution is 7.86. The van der Waals surface area contributed by atoms with Gasteiger partial charge in [0, 0.05) is 12.1 Å². The van der Waals surface area contributed by atoms with E-state index >= 15 is 0 Å². The molecule has 0 spiro atoms. The molecule has 0 saturated carbocycles. The minimum Gasteiger partial charge on any atom is -0.458 e. The van der Waals surface area contributed by atoms with E-state index in [2.05, 4.69) is 11.9 Å². The van der Waals surface area contributed by atoms with Crippen LogP contribution in [0.3, 0.4) is 0 Å². The number of carbonyl (C=O) groups excluding carboxylic acids is 2. The molecule has 2 aromatic carbocycles. The summed E-state index contributed by atoms with van der Waals surface area (Å²) in [6.45, 7) is 3.56. The van der Waals surface area contributed by atoms with Crippen LogP contribution in [-0.4, -0.2) is 39.3 Å². The highest BCUT2D eigenvalue weighted by atomic mass is 32.2. The Labute approximate surface area is 164 Å². The number of rotatable bonds is 9. The summed E-state index contributed by atoms with van der Waals surface area (Å²) in [4.78, 5) is 24.3. The molecule has 0 aromatic heterocycles. The molecule has 2 aromatic rings. The maximum absolute atomic E-state index is 12.6. The summed E-state index contributed by atoms with van der Waals surface area (Å²) in [6.07, 6.45) is 1.21. The summed E-state index contributed by atoms with van der Waals surface area (Å²) in [7, 11) is -3.84. The van der Waals surface area contributed by atoms with E-state index in [0.29, 0.717) is 11.3 Å². The van der Waals surface area contributed by atoms with Crippen molar-refractivity contribution in [2.24, 2.45) is 0 Å². The SMILES string of the molecule is C=CCOC(=O)c1ccc(NC(=O)[C@@H](Cc2ccccc2)OS(C)(=O)=O)cc1. The van der Waals surface area contributed by atoms with Crippen LogP contribution in [0.5, 0.6) is 0 Å². The first-order valence-electron chi connectivity index (χ1n) is 8.39. The van der Waals surface area contributed by atoms with Crippen molar-refractivity contribution in [1.29, 1.82) is 0 Å². The normalized spacial score (nSPS) is 12.0. The second-order valence-electron chi connectivity index (χ2n) is 5.93. The van der Waals surface area contributed by atoms with Gasteiger partial charge in [-0.3, -0.25) is 8.98 Å². The van der Waals surface area contributed by atoms with Crippen LogP contribution in [0.25, 0.3) is 0 Å². The first-order valence-corrected chi connectivity index (χ1v) is 10.2. The summed E-state index contributed by atoms with van der Waals surface area (Å²) in [6, 6.07) is 15.0. The van der Waals surface area contributed by atoms with Crippen molar-refractivity contribution in [2.45, 2.75) is 12.5 Å². The third-order valence-electron chi connectivity index (χ3n) is 3.57. The largest absolute Gasteiger partial charge is 0.458 e. The lowest BCUT2D eigenvalue weighted by Crippen LogP contribution is -2.34. The van der Waals surface area contributed by atoms with Gasteiger partial charge >= 0.3 is 5.97 Å². The van der Waals surface area contributed by atoms with Crippen molar-refractivity contribution in [3.8, 4) is 0 Å². The number of hydrogen-bond donors (Lipinski definition) is 1. The Morgan fingerprint density at radius 3 is 2.32 bits per heavy atom. The van der Waals surface area contributed by atoms with Gasteiger partial charge in [0.25, 0.3) is 16.0 Å². The summed E-state index contributed by atoms with van der Waals surface area (Å²) in [5, 5.41) is 2.60. The average molecular weight is 403 g/mol. The van der Waals surface area contributed by atoms with Gasteiger partial charge in [-0.25, -0.2) is 4.79 Å². The summed E-state index contributed by atoms with van der Waals surface area (Å²) in [5.41, 5.74) is 1.46. The Balaban J connectivity index is 2.09. The van der Waals surface area contributed by atoms with Gasteiger partial charge in [0.05, 0.1) is 11.8 Å². The number of nitrogens with one attached hydrogen (secondary N) is 1. The molecule has 28 heavy (non-hydrogen) atoms. The van der Waals surface area contributed by atoms with Crippen LogP contribution in [0.1, 0.15) is 15.9 Å². The van der Waals surface area contributed by atoms with Gasteiger partial charge in [-0.05, 0) is 29.8 Å². The smallest absolute Gasteiger partial charge is 0.338 e. The number of hydrogen-bond acceptors (Lipinski definition) is 6. The first-order chi connectivity index (χ1) is 13.3. The number of ether oxygens (including phenoxy) is 1. The Kier molecular flexibility index (Phi) is 7.48. The second-order valence-corrected chi connectivity index (χ2v) is 7.53. The molecule has 0 radical (unpaired) electrons. The third-order valence-corrected chi connectivity index (χ3v) is 4.15. The van der Waals surface area contributed by atoms with Gasteiger partial charge in [0.15, 0.2) is 6.10 Å². The molecule has 7 nitrogen and oxygen atoms in total. The second kappa shape index (κ2) is 9.82. The molecular formula is C20H21NO6S. The average Bonchev–Trinajstić information content (AvgIpc) is 2.66. The number of anilines is 1. The van der Waals surface area contributed by atoms with Crippen molar-refractivity contribution >= 4 is 27.7 Å². The van der Waals surface area contributed by atoms with Crippen LogP contribution in [0.15, 0.2) is 67.3 Å². The zero-order valence-electron chi connectivity index (χ0n) is 15.3. The number of benzene rings is 2. The van der Waals surface area contributed by atoms with Crippen LogP contribution in [0.4, 0.5) is 5.69 Å². The van der Waals surface area contributed by atoms with Crippen LogP contribution in [0, 0.1) is 0 Å². The van der Waals surface area contributed by atoms with Crippen LogP contribution >= 0.6 is 0 Å². The van der Waals surface area contributed by atoms with Crippen molar-refractivity contribution in [2.75, 3.05) is 18.2 Å². The number of amides is 1. The standard InChI is InChI=1S/C20H21NO6S/c1-3-13-26-20(23)16-9-11-17(12-10-16)21-19(22)18(27-28(2,24)25)14-15-7-5-4-6-8-15/h3-12,18H,1,13-14H2,2H3,(H,21,22)/t18-/m1/s1. The predicted octanol–water partition coefficient (Wildman–Crippen LogP) is 2.56. The number of esters is 1. The quantitative estimate of drug-likeness (QED) is 0.392. The molecule has 148 valence electrons. The van der Waals surface area contributed by atoms with Crippen LogP contribution in [-0.2, 0) is 30.3 Å². The van der Waals surface area contributed by atoms with E-state index in [1.165, 1.54) is 30.3 Å². The Morgan fingerprint density at radius 1 is 1.11 bits per heavy atom. The van der Waals surface area contributed by atoms with Crippen LogP contribution < -0.4 is 5.32 Å². The van der Waals surface area contributed by atoms with Crippen molar-refractivity contribution in [3.63, 3.8) is 0 Å². The Bertz CT molecular complexity index is 923. The van der Waals surface area contributed by atoms with E-state index in [-0.39, 0.29) is 13.0 Å². The molecule has 1 amide bonds. The van der Waals surface area contributed by atoms with Crippen molar-refractivity contribution < 1.29 is 26.9 Å². The highest BCUT2D eigenvalue weighted by Gasteiger charge is 2.24. The highest BCUT2D eigenvalue weighted by Crippen LogP contribution is 2.14. The molecule has 0 heterocycles. The first kappa shape index (κ1) is 21.3. The van der Waals surface area contributed by atoms with E-state index in [9.17, 15) is 18.0 Å². The maximum Gasteiger partial charge on any atom is 0.338 e. The Morgan fingerprint density at radius 2 is 1.75 bits per heavy atom. The van der Waals surface area contributed by atoms with Crippen molar-refractivity contribution in [1.82, 2.24) is 0 Å². The molecule has 0 aliphatic heterocycles. The van der Waals surface area contributed by atoms with E-state index in [1.54, 1.807) is 24.3 Å². The number of carbonyl (C=O) groups is 2. The summed E-state index contributed by atoms with van der Waals surface area (Å²) in [5.74, 6) is -1.13. The van der Waals surface area contributed by atoms with E-state index in [0.717, 1.165) is 11.8 Å². The zero-order valence-corrected chi connectivity index (χ0v) is 16.1. The molecule has 0 fully saturated rings. The molecule has 1 N–H and O–H groups in total. The fourth-order valence-corrected chi connectivity index (χ4v) is 2.92. The summed E-state index contributed by atoms with van der Waals surface area (Å²) >= 11 is 0. The topological polar surface area (TPSA) is 98.8 Å².